The fraction of sp³-hybridized carbons (Fsp3) is 0.625. The molecule has 1 aliphatic rings. The van der Waals surface area contributed by atoms with Crippen LogP contribution in [0.4, 0.5) is 4.39 Å². The zero-order valence-electron chi connectivity index (χ0n) is 12.2. The highest BCUT2D eigenvalue weighted by Crippen LogP contribution is 2.39. The van der Waals surface area contributed by atoms with Crippen LogP contribution in [-0.2, 0) is 6.42 Å². The van der Waals surface area contributed by atoms with Crippen molar-refractivity contribution in [2.24, 2.45) is 17.6 Å². The van der Waals surface area contributed by atoms with Gasteiger partial charge in [-0.25, -0.2) is 4.39 Å². The molecule has 1 saturated carbocycles. The zero-order chi connectivity index (χ0) is 14.0. The summed E-state index contributed by atoms with van der Waals surface area (Å²) in [7, 11) is 2.15. The highest BCUT2D eigenvalue weighted by molar-refractivity contribution is 5.19. The van der Waals surface area contributed by atoms with Crippen LogP contribution in [0.25, 0.3) is 0 Å². The second-order valence-corrected chi connectivity index (χ2v) is 6.36. The molecule has 0 aliphatic heterocycles. The molecular weight excluding hydrogens is 239 g/mol. The van der Waals surface area contributed by atoms with E-state index in [1.807, 2.05) is 12.1 Å². The van der Waals surface area contributed by atoms with Gasteiger partial charge in [-0.05, 0) is 56.3 Å². The Morgan fingerprint density at radius 1 is 1.37 bits per heavy atom. The molecule has 0 saturated heterocycles. The second-order valence-electron chi connectivity index (χ2n) is 6.36. The van der Waals surface area contributed by atoms with E-state index in [0.717, 1.165) is 30.4 Å². The predicted molar refractivity (Wildman–Crippen MR) is 77.5 cm³/mol. The summed E-state index contributed by atoms with van der Waals surface area (Å²) in [4.78, 5) is 2.38. The Labute approximate surface area is 115 Å². The minimum atomic E-state index is -0.182. The Morgan fingerprint density at radius 2 is 1.95 bits per heavy atom. The van der Waals surface area contributed by atoms with Gasteiger partial charge in [-0.2, -0.15) is 0 Å². The highest BCUT2D eigenvalue weighted by atomic mass is 19.1. The summed E-state index contributed by atoms with van der Waals surface area (Å²) in [6, 6.07) is 6.76. The smallest absolute Gasteiger partial charge is 0.123 e. The van der Waals surface area contributed by atoms with Crippen molar-refractivity contribution in [2.45, 2.75) is 32.2 Å². The summed E-state index contributed by atoms with van der Waals surface area (Å²) in [6.45, 7) is 6.22. The monoisotopic (exact) mass is 264 g/mol. The van der Waals surface area contributed by atoms with Crippen molar-refractivity contribution in [3.63, 3.8) is 0 Å². The van der Waals surface area contributed by atoms with Crippen molar-refractivity contribution in [3.8, 4) is 0 Å². The topological polar surface area (TPSA) is 29.3 Å². The number of halogens is 1. The number of hydrogen-bond acceptors (Lipinski definition) is 2. The van der Waals surface area contributed by atoms with Crippen LogP contribution in [0.15, 0.2) is 24.3 Å². The first kappa shape index (κ1) is 14.5. The third kappa shape index (κ3) is 3.54. The maximum Gasteiger partial charge on any atom is 0.123 e. The summed E-state index contributed by atoms with van der Waals surface area (Å²) in [5, 5.41) is 0. The Balaban J connectivity index is 2.01. The van der Waals surface area contributed by atoms with Crippen LogP contribution in [0.3, 0.4) is 0 Å². The van der Waals surface area contributed by atoms with Gasteiger partial charge < -0.3 is 5.73 Å². The molecule has 0 amide bonds. The van der Waals surface area contributed by atoms with Crippen LogP contribution in [0.1, 0.15) is 25.8 Å². The molecule has 1 aromatic carbocycles. The third-order valence-electron chi connectivity index (χ3n) is 4.64. The first-order valence-corrected chi connectivity index (χ1v) is 7.10. The summed E-state index contributed by atoms with van der Waals surface area (Å²) in [5.41, 5.74) is 7.09. The number of hydrogen-bond donors (Lipinski definition) is 1. The van der Waals surface area contributed by atoms with E-state index in [-0.39, 0.29) is 11.4 Å². The molecule has 0 radical (unpaired) electrons. The second kappa shape index (κ2) is 5.59. The van der Waals surface area contributed by atoms with E-state index in [9.17, 15) is 4.39 Å². The van der Waals surface area contributed by atoms with Crippen LogP contribution in [-0.4, -0.2) is 30.6 Å². The van der Waals surface area contributed by atoms with Gasteiger partial charge in [0.15, 0.2) is 0 Å². The molecule has 1 aliphatic carbocycles. The lowest BCUT2D eigenvalue weighted by atomic mass is 9.91. The van der Waals surface area contributed by atoms with E-state index in [1.54, 1.807) is 0 Å². The van der Waals surface area contributed by atoms with E-state index in [1.165, 1.54) is 18.6 Å². The average Bonchev–Trinajstić information content (AvgIpc) is 3.07. The summed E-state index contributed by atoms with van der Waals surface area (Å²) in [5.74, 6) is 1.50. The van der Waals surface area contributed by atoms with Gasteiger partial charge in [0.25, 0.3) is 0 Å². The van der Waals surface area contributed by atoms with Gasteiger partial charge >= 0.3 is 0 Å². The van der Waals surface area contributed by atoms with E-state index in [4.69, 9.17) is 5.73 Å². The van der Waals surface area contributed by atoms with Gasteiger partial charge in [0.2, 0.25) is 0 Å². The Hall–Kier alpha value is -0.930. The SMILES string of the molecule is CC1CC1CN(C)C(C)(CN)Cc1ccc(F)cc1. The fourth-order valence-corrected chi connectivity index (χ4v) is 2.63. The lowest BCUT2D eigenvalue weighted by Crippen LogP contribution is -2.52. The van der Waals surface area contributed by atoms with Crippen LogP contribution in [0, 0.1) is 17.7 Å². The maximum atomic E-state index is 12.9. The number of rotatable bonds is 6. The molecule has 0 spiro atoms. The highest BCUT2D eigenvalue weighted by Gasteiger charge is 2.37. The molecule has 0 heterocycles. The van der Waals surface area contributed by atoms with Crippen molar-refractivity contribution in [2.75, 3.05) is 20.1 Å². The quantitative estimate of drug-likeness (QED) is 0.856. The largest absolute Gasteiger partial charge is 0.329 e. The molecule has 106 valence electrons. The lowest BCUT2D eigenvalue weighted by molar-refractivity contribution is 0.136. The molecule has 3 atom stereocenters. The van der Waals surface area contributed by atoms with Crippen molar-refractivity contribution in [3.05, 3.63) is 35.6 Å². The zero-order valence-corrected chi connectivity index (χ0v) is 12.2. The molecular formula is C16H25FN2. The van der Waals surface area contributed by atoms with Gasteiger partial charge in [-0.3, -0.25) is 4.90 Å². The predicted octanol–water partition coefficient (Wildman–Crippen LogP) is 2.67. The minimum Gasteiger partial charge on any atom is -0.329 e. The number of nitrogens with zero attached hydrogens (tertiary/aromatic N) is 1. The Kier molecular flexibility index (Phi) is 4.26. The summed E-state index contributed by atoms with van der Waals surface area (Å²) in [6.07, 6.45) is 2.20. The van der Waals surface area contributed by atoms with Crippen molar-refractivity contribution in [1.29, 1.82) is 0 Å². The molecule has 0 bridgehead atoms. The first-order valence-electron chi connectivity index (χ1n) is 7.10. The summed E-state index contributed by atoms with van der Waals surface area (Å²) < 4.78 is 12.9. The van der Waals surface area contributed by atoms with E-state index >= 15 is 0 Å². The molecule has 3 heteroatoms. The molecule has 3 unspecified atom stereocenters. The molecule has 1 fully saturated rings. The van der Waals surface area contributed by atoms with E-state index in [0.29, 0.717) is 6.54 Å². The molecule has 2 rings (SSSR count). The average molecular weight is 264 g/mol. The Bertz CT molecular complexity index is 417. The molecule has 2 N–H and O–H groups in total. The number of likely N-dealkylation sites (N-methyl/N-ethyl adjacent to an activating group) is 1. The normalized spacial score (nSPS) is 25.4. The van der Waals surface area contributed by atoms with Gasteiger partial charge in [-0.1, -0.05) is 19.1 Å². The Morgan fingerprint density at radius 3 is 2.42 bits per heavy atom. The molecule has 1 aromatic rings. The van der Waals surface area contributed by atoms with Crippen molar-refractivity contribution < 1.29 is 4.39 Å². The fourth-order valence-electron chi connectivity index (χ4n) is 2.63. The van der Waals surface area contributed by atoms with Gasteiger partial charge in [0.1, 0.15) is 5.82 Å². The third-order valence-corrected chi connectivity index (χ3v) is 4.64. The lowest BCUT2D eigenvalue weighted by Gasteiger charge is -2.38. The van der Waals surface area contributed by atoms with Crippen LogP contribution < -0.4 is 5.73 Å². The van der Waals surface area contributed by atoms with Crippen molar-refractivity contribution in [1.82, 2.24) is 4.90 Å². The van der Waals surface area contributed by atoms with Crippen molar-refractivity contribution >= 4 is 0 Å². The van der Waals surface area contributed by atoms with Gasteiger partial charge in [0.05, 0.1) is 0 Å². The van der Waals surface area contributed by atoms with Gasteiger partial charge in [-0.15, -0.1) is 0 Å². The standard InChI is InChI=1S/C16H25FN2/c1-12-8-14(12)10-19(3)16(2,11-18)9-13-4-6-15(17)7-5-13/h4-7,12,14H,8-11,18H2,1-3H3. The van der Waals surface area contributed by atoms with E-state index in [2.05, 4.69) is 25.8 Å². The maximum absolute atomic E-state index is 12.9. The number of benzene rings is 1. The minimum absolute atomic E-state index is 0.0554. The molecule has 2 nitrogen and oxygen atoms in total. The van der Waals surface area contributed by atoms with Crippen LogP contribution in [0.5, 0.6) is 0 Å². The first-order chi connectivity index (χ1) is 8.94. The molecule has 0 aromatic heterocycles. The van der Waals surface area contributed by atoms with E-state index < -0.39 is 0 Å². The summed E-state index contributed by atoms with van der Waals surface area (Å²) >= 11 is 0. The van der Waals surface area contributed by atoms with Crippen LogP contribution >= 0.6 is 0 Å². The molecule has 19 heavy (non-hydrogen) atoms. The number of nitrogens with two attached hydrogens (primary N) is 1. The van der Waals surface area contributed by atoms with Crippen LogP contribution in [0.2, 0.25) is 0 Å². The van der Waals surface area contributed by atoms with Gasteiger partial charge in [0, 0.05) is 18.6 Å².